The van der Waals surface area contributed by atoms with Crippen molar-refractivity contribution >= 4 is 0 Å². The summed E-state index contributed by atoms with van der Waals surface area (Å²) in [6, 6.07) is 3.39. The Morgan fingerprint density at radius 3 is 2.88 bits per heavy atom. The lowest BCUT2D eigenvalue weighted by Crippen LogP contribution is -2.26. The van der Waals surface area contributed by atoms with Crippen molar-refractivity contribution in [2.45, 2.75) is 51.9 Å². The van der Waals surface area contributed by atoms with Crippen molar-refractivity contribution in [1.29, 1.82) is 0 Å². The smallest absolute Gasteiger partial charge is 0.122 e. The maximum Gasteiger partial charge on any atom is 0.122 e. The van der Waals surface area contributed by atoms with E-state index in [0.29, 0.717) is 6.04 Å². The second-order valence-corrected chi connectivity index (χ2v) is 5.03. The van der Waals surface area contributed by atoms with Crippen LogP contribution < -0.4 is 5.32 Å². The van der Waals surface area contributed by atoms with Crippen LogP contribution in [0.4, 0.5) is 0 Å². The Bertz CT molecular complexity index is 328. The molecule has 3 heteroatoms. The Balaban J connectivity index is 1.89. The van der Waals surface area contributed by atoms with E-state index < -0.39 is 0 Å². The highest BCUT2D eigenvalue weighted by Gasteiger charge is 2.21. The van der Waals surface area contributed by atoms with Gasteiger partial charge in [0.05, 0.1) is 12.8 Å². The van der Waals surface area contributed by atoms with Crippen LogP contribution in [0.5, 0.6) is 0 Å². The zero-order valence-corrected chi connectivity index (χ0v) is 10.5. The van der Waals surface area contributed by atoms with Crippen molar-refractivity contribution < 1.29 is 4.42 Å². The summed E-state index contributed by atoms with van der Waals surface area (Å²) in [4.78, 5) is 2.29. The molecule has 3 nitrogen and oxygen atoms in total. The van der Waals surface area contributed by atoms with Crippen molar-refractivity contribution in [3.63, 3.8) is 0 Å². The highest BCUT2D eigenvalue weighted by atomic mass is 16.3. The molecule has 0 spiro atoms. The zero-order valence-electron chi connectivity index (χ0n) is 10.5. The van der Waals surface area contributed by atoms with E-state index in [4.69, 9.17) is 4.42 Å². The van der Waals surface area contributed by atoms with Gasteiger partial charge in [0.2, 0.25) is 0 Å². The number of nitrogens with one attached hydrogen (secondary N) is 1. The summed E-state index contributed by atoms with van der Waals surface area (Å²) < 4.78 is 5.56. The first kappa shape index (κ1) is 11.7. The van der Waals surface area contributed by atoms with Gasteiger partial charge in [-0.15, -0.1) is 0 Å². The monoisotopic (exact) mass is 222 g/mol. The Kier molecular flexibility index (Phi) is 3.66. The third kappa shape index (κ3) is 3.09. The van der Waals surface area contributed by atoms with Gasteiger partial charge in [-0.05, 0) is 39.8 Å². The van der Waals surface area contributed by atoms with E-state index in [9.17, 15) is 0 Å². The summed E-state index contributed by atoms with van der Waals surface area (Å²) in [5.41, 5.74) is 1.31. The van der Waals surface area contributed by atoms with Crippen molar-refractivity contribution in [3.05, 3.63) is 23.7 Å². The van der Waals surface area contributed by atoms with Gasteiger partial charge < -0.3 is 9.73 Å². The van der Waals surface area contributed by atoms with Gasteiger partial charge in [-0.1, -0.05) is 0 Å². The molecular weight excluding hydrogens is 200 g/mol. The fourth-order valence-electron chi connectivity index (χ4n) is 1.61. The molecule has 0 amide bonds. The average molecular weight is 222 g/mol. The van der Waals surface area contributed by atoms with Crippen LogP contribution in [-0.2, 0) is 13.1 Å². The third-order valence-corrected chi connectivity index (χ3v) is 3.27. The fraction of sp³-hybridized carbons (Fsp3) is 0.692. The summed E-state index contributed by atoms with van der Waals surface area (Å²) in [5.74, 6) is 1.10. The maximum atomic E-state index is 5.56. The van der Waals surface area contributed by atoms with Gasteiger partial charge in [0.15, 0.2) is 0 Å². The van der Waals surface area contributed by atoms with Gasteiger partial charge in [-0.2, -0.15) is 0 Å². The van der Waals surface area contributed by atoms with Crippen LogP contribution >= 0.6 is 0 Å². The molecule has 1 aromatic rings. The van der Waals surface area contributed by atoms with Crippen molar-refractivity contribution in [2.24, 2.45) is 0 Å². The van der Waals surface area contributed by atoms with Crippen LogP contribution in [-0.4, -0.2) is 24.0 Å². The van der Waals surface area contributed by atoms with Gasteiger partial charge in [0, 0.05) is 24.2 Å². The molecule has 0 aromatic carbocycles. The minimum absolute atomic E-state index is 0.550. The second-order valence-electron chi connectivity index (χ2n) is 5.03. The molecule has 1 saturated carbocycles. The Morgan fingerprint density at radius 2 is 2.25 bits per heavy atom. The number of rotatable bonds is 6. The van der Waals surface area contributed by atoms with Crippen LogP contribution in [0, 0.1) is 0 Å². The highest BCUT2D eigenvalue weighted by Crippen LogP contribution is 2.20. The lowest BCUT2D eigenvalue weighted by molar-refractivity contribution is 0.242. The highest BCUT2D eigenvalue weighted by molar-refractivity contribution is 5.17. The van der Waals surface area contributed by atoms with Crippen molar-refractivity contribution in [3.8, 4) is 0 Å². The number of hydrogen-bond donors (Lipinski definition) is 1. The van der Waals surface area contributed by atoms with E-state index in [0.717, 1.165) is 24.9 Å². The largest absolute Gasteiger partial charge is 0.468 e. The lowest BCUT2D eigenvalue weighted by atomic mass is 10.2. The van der Waals surface area contributed by atoms with Crippen molar-refractivity contribution in [1.82, 2.24) is 10.2 Å². The SMILES string of the molecule is CC(C)N(C)Cc1occc1CNC1CC1. The van der Waals surface area contributed by atoms with E-state index in [1.54, 1.807) is 6.26 Å². The quantitative estimate of drug-likeness (QED) is 0.801. The van der Waals surface area contributed by atoms with Crippen LogP contribution in [0.25, 0.3) is 0 Å². The van der Waals surface area contributed by atoms with E-state index >= 15 is 0 Å². The third-order valence-electron chi connectivity index (χ3n) is 3.27. The predicted molar refractivity (Wildman–Crippen MR) is 65.2 cm³/mol. The van der Waals surface area contributed by atoms with Crippen LogP contribution in [0.1, 0.15) is 38.0 Å². The van der Waals surface area contributed by atoms with Crippen LogP contribution in [0.3, 0.4) is 0 Å². The summed E-state index contributed by atoms with van der Waals surface area (Å²) >= 11 is 0. The molecule has 1 aliphatic rings. The Labute approximate surface area is 97.8 Å². The minimum atomic E-state index is 0.550. The molecule has 0 bridgehead atoms. The van der Waals surface area contributed by atoms with Gasteiger partial charge in [-0.3, -0.25) is 4.90 Å². The normalized spacial score (nSPS) is 16.3. The molecular formula is C13H22N2O. The summed E-state index contributed by atoms with van der Waals surface area (Å²) in [6.45, 7) is 6.24. The van der Waals surface area contributed by atoms with Gasteiger partial charge in [0.1, 0.15) is 5.76 Å². The predicted octanol–water partition coefficient (Wildman–Crippen LogP) is 2.37. The topological polar surface area (TPSA) is 28.4 Å². The second kappa shape index (κ2) is 5.02. The first-order valence-corrected chi connectivity index (χ1v) is 6.15. The molecule has 1 heterocycles. The molecule has 1 aliphatic carbocycles. The first-order chi connectivity index (χ1) is 7.66. The van der Waals surface area contributed by atoms with Crippen molar-refractivity contribution in [2.75, 3.05) is 7.05 Å². The Hall–Kier alpha value is -0.800. The molecule has 90 valence electrons. The summed E-state index contributed by atoms with van der Waals surface area (Å²) in [5, 5.41) is 3.52. The molecule has 2 rings (SSSR count). The van der Waals surface area contributed by atoms with E-state index in [1.807, 2.05) is 0 Å². The number of hydrogen-bond acceptors (Lipinski definition) is 3. The summed E-state index contributed by atoms with van der Waals surface area (Å²) in [7, 11) is 2.13. The maximum absolute atomic E-state index is 5.56. The van der Waals surface area contributed by atoms with Crippen LogP contribution in [0.2, 0.25) is 0 Å². The molecule has 1 aromatic heterocycles. The summed E-state index contributed by atoms with van der Waals surface area (Å²) in [6.07, 6.45) is 4.46. The lowest BCUT2D eigenvalue weighted by Gasteiger charge is -2.20. The molecule has 0 saturated heterocycles. The molecule has 1 N–H and O–H groups in total. The molecule has 16 heavy (non-hydrogen) atoms. The standard InChI is InChI=1S/C13H22N2O/c1-10(2)15(3)9-13-11(6-7-16-13)8-14-12-4-5-12/h6-7,10,12,14H,4-5,8-9H2,1-3H3. The molecule has 1 fully saturated rings. The number of furan rings is 1. The van der Waals surface area contributed by atoms with Gasteiger partial charge in [-0.25, -0.2) is 0 Å². The Morgan fingerprint density at radius 1 is 1.50 bits per heavy atom. The molecule has 0 atom stereocenters. The molecule has 0 radical (unpaired) electrons. The average Bonchev–Trinajstić information content (AvgIpc) is 2.97. The first-order valence-electron chi connectivity index (χ1n) is 6.15. The minimum Gasteiger partial charge on any atom is -0.468 e. The van der Waals surface area contributed by atoms with Gasteiger partial charge in [0.25, 0.3) is 0 Å². The van der Waals surface area contributed by atoms with Crippen LogP contribution in [0.15, 0.2) is 16.7 Å². The number of nitrogens with zero attached hydrogens (tertiary/aromatic N) is 1. The van der Waals surface area contributed by atoms with E-state index in [2.05, 4.69) is 37.2 Å². The molecule has 0 aliphatic heterocycles. The van der Waals surface area contributed by atoms with Gasteiger partial charge >= 0.3 is 0 Å². The fourth-order valence-corrected chi connectivity index (χ4v) is 1.61. The van der Waals surface area contributed by atoms with E-state index in [1.165, 1.54) is 18.4 Å². The zero-order chi connectivity index (χ0) is 11.5. The van der Waals surface area contributed by atoms with E-state index in [-0.39, 0.29) is 0 Å². The molecule has 0 unspecified atom stereocenters.